The van der Waals surface area contributed by atoms with Gasteiger partial charge in [0, 0.05) is 12.1 Å². The zero-order chi connectivity index (χ0) is 21.9. The number of ether oxygens (including phenoxy) is 3. The number of amides is 3. The number of carbonyl (C=O) groups excluding carboxylic acids is 3. The molecule has 1 fully saturated rings. The smallest absolute Gasteiger partial charge is 0.331 e. The fraction of sp³-hybridized carbons (Fsp3) is 0.500. The van der Waals surface area contributed by atoms with Crippen molar-refractivity contribution in [3.63, 3.8) is 0 Å². The molecule has 8 heteroatoms. The second kappa shape index (κ2) is 11.8. The Morgan fingerprint density at radius 2 is 1.90 bits per heavy atom. The standard InChI is InChI=1S/C22H30N2O6/c1-4-29-18-12-10-16(14-19(18)28-3)11-13-20(25)30-15(2)21(26)24-22(27)23-17-8-6-5-7-9-17/h10-15,17H,4-9H2,1-3H3,(H2,23,24,26,27)/b13-11+/t15-/m1/s1. The van der Waals surface area contributed by atoms with E-state index >= 15 is 0 Å². The molecular weight excluding hydrogens is 388 g/mol. The molecule has 0 heterocycles. The molecular formula is C22H30N2O6. The summed E-state index contributed by atoms with van der Waals surface area (Å²) in [5, 5.41) is 5.00. The summed E-state index contributed by atoms with van der Waals surface area (Å²) in [6.45, 7) is 3.80. The van der Waals surface area contributed by atoms with E-state index in [4.69, 9.17) is 14.2 Å². The van der Waals surface area contributed by atoms with Crippen molar-refractivity contribution >= 4 is 24.0 Å². The van der Waals surface area contributed by atoms with Crippen LogP contribution in [0.5, 0.6) is 11.5 Å². The topological polar surface area (TPSA) is 103 Å². The van der Waals surface area contributed by atoms with Crippen LogP contribution in [0.15, 0.2) is 24.3 Å². The predicted molar refractivity (Wildman–Crippen MR) is 112 cm³/mol. The number of hydrogen-bond donors (Lipinski definition) is 2. The summed E-state index contributed by atoms with van der Waals surface area (Å²) in [7, 11) is 1.53. The Morgan fingerprint density at radius 3 is 2.57 bits per heavy atom. The minimum Gasteiger partial charge on any atom is -0.493 e. The number of benzene rings is 1. The molecule has 0 radical (unpaired) electrons. The van der Waals surface area contributed by atoms with Crippen LogP contribution in [-0.2, 0) is 14.3 Å². The number of nitrogens with one attached hydrogen (secondary N) is 2. The number of esters is 1. The zero-order valence-electron chi connectivity index (χ0n) is 17.7. The second-order valence-electron chi connectivity index (χ2n) is 7.05. The Balaban J connectivity index is 1.82. The van der Waals surface area contributed by atoms with Crippen molar-refractivity contribution in [2.45, 2.75) is 58.1 Å². The fourth-order valence-corrected chi connectivity index (χ4v) is 3.18. The van der Waals surface area contributed by atoms with Crippen molar-refractivity contribution in [2.24, 2.45) is 0 Å². The average Bonchev–Trinajstić information content (AvgIpc) is 2.73. The molecule has 0 saturated heterocycles. The molecule has 0 spiro atoms. The maximum atomic E-state index is 12.1. The van der Waals surface area contributed by atoms with Crippen molar-refractivity contribution in [3.8, 4) is 11.5 Å². The van der Waals surface area contributed by atoms with Crippen molar-refractivity contribution in [1.29, 1.82) is 0 Å². The quantitative estimate of drug-likeness (QED) is 0.496. The van der Waals surface area contributed by atoms with Crippen LogP contribution in [0.3, 0.4) is 0 Å². The molecule has 1 aliphatic rings. The van der Waals surface area contributed by atoms with Gasteiger partial charge in [0.15, 0.2) is 17.6 Å². The van der Waals surface area contributed by atoms with Gasteiger partial charge < -0.3 is 19.5 Å². The van der Waals surface area contributed by atoms with E-state index in [9.17, 15) is 14.4 Å². The third-order valence-electron chi connectivity index (χ3n) is 4.74. The fourth-order valence-electron chi connectivity index (χ4n) is 3.18. The summed E-state index contributed by atoms with van der Waals surface area (Å²) < 4.78 is 15.8. The first-order valence-electron chi connectivity index (χ1n) is 10.2. The van der Waals surface area contributed by atoms with Crippen LogP contribution >= 0.6 is 0 Å². The number of methoxy groups -OCH3 is 1. The Hall–Kier alpha value is -3.03. The number of imide groups is 1. The maximum absolute atomic E-state index is 12.1. The first-order valence-corrected chi connectivity index (χ1v) is 10.2. The van der Waals surface area contributed by atoms with Gasteiger partial charge in [-0.05, 0) is 50.5 Å². The van der Waals surface area contributed by atoms with Gasteiger partial charge in [0.1, 0.15) is 0 Å². The van der Waals surface area contributed by atoms with Gasteiger partial charge in [0.2, 0.25) is 0 Å². The Kier molecular flexibility index (Phi) is 9.18. The summed E-state index contributed by atoms with van der Waals surface area (Å²) in [5.41, 5.74) is 0.705. The molecule has 0 unspecified atom stereocenters. The molecule has 8 nitrogen and oxygen atoms in total. The van der Waals surface area contributed by atoms with Crippen molar-refractivity contribution in [2.75, 3.05) is 13.7 Å². The Bertz CT molecular complexity index is 771. The summed E-state index contributed by atoms with van der Waals surface area (Å²) in [6.07, 6.45) is 6.78. The van der Waals surface area contributed by atoms with Gasteiger partial charge in [-0.15, -0.1) is 0 Å². The summed E-state index contributed by atoms with van der Waals surface area (Å²) in [4.78, 5) is 36.0. The number of urea groups is 1. The van der Waals surface area contributed by atoms with E-state index in [0.717, 1.165) is 25.7 Å². The molecule has 1 atom stereocenters. The number of carbonyl (C=O) groups is 3. The zero-order valence-corrected chi connectivity index (χ0v) is 17.7. The Morgan fingerprint density at radius 1 is 1.17 bits per heavy atom. The monoisotopic (exact) mass is 418 g/mol. The van der Waals surface area contributed by atoms with Crippen LogP contribution in [0, 0.1) is 0 Å². The van der Waals surface area contributed by atoms with E-state index in [1.54, 1.807) is 24.3 Å². The van der Waals surface area contributed by atoms with Gasteiger partial charge in [-0.1, -0.05) is 25.3 Å². The summed E-state index contributed by atoms with van der Waals surface area (Å²) >= 11 is 0. The van der Waals surface area contributed by atoms with Gasteiger partial charge in [-0.3, -0.25) is 10.1 Å². The molecule has 1 aliphatic carbocycles. The third kappa shape index (κ3) is 7.42. The normalized spacial score (nSPS) is 15.3. The van der Waals surface area contributed by atoms with Crippen LogP contribution < -0.4 is 20.1 Å². The SMILES string of the molecule is CCOc1ccc(/C=C/C(=O)O[C@H](C)C(=O)NC(=O)NC2CCCCC2)cc1OC. The lowest BCUT2D eigenvalue weighted by molar-refractivity contribution is -0.149. The minimum absolute atomic E-state index is 0.0819. The van der Waals surface area contributed by atoms with Crippen LogP contribution in [0.2, 0.25) is 0 Å². The number of hydrogen-bond acceptors (Lipinski definition) is 6. The lowest BCUT2D eigenvalue weighted by atomic mass is 9.96. The highest BCUT2D eigenvalue weighted by molar-refractivity contribution is 5.98. The van der Waals surface area contributed by atoms with E-state index in [0.29, 0.717) is 23.7 Å². The lowest BCUT2D eigenvalue weighted by Gasteiger charge is -2.23. The summed E-state index contributed by atoms with van der Waals surface area (Å²) in [5.74, 6) is -0.216. The van der Waals surface area contributed by atoms with Gasteiger partial charge in [0.05, 0.1) is 13.7 Å². The van der Waals surface area contributed by atoms with Crippen molar-refractivity contribution in [1.82, 2.24) is 10.6 Å². The largest absolute Gasteiger partial charge is 0.493 e. The molecule has 30 heavy (non-hydrogen) atoms. The molecule has 3 amide bonds. The van der Waals surface area contributed by atoms with Crippen molar-refractivity contribution in [3.05, 3.63) is 29.8 Å². The average molecular weight is 418 g/mol. The molecule has 2 rings (SSSR count). The summed E-state index contributed by atoms with van der Waals surface area (Å²) in [6, 6.07) is 4.75. The molecule has 1 aromatic carbocycles. The highest BCUT2D eigenvalue weighted by Gasteiger charge is 2.21. The van der Waals surface area contributed by atoms with Gasteiger partial charge in [-0.25, -0.2) is 9.59 Å². The highest BCUT2D eigenvalue weighted by atomic mass is 16.5. The molecule has 164 valence electrons. The van der Waals surface area contributed by atoms with Crippen LogP contribution in [-0.4, -0.2) is 43.8 Å². The van der Waals surface area contributed by atoms with Crippen LogP contribution in [0.1, 0.15) is 51.5 Å². The van der Waals surface area contributed by atoms with Gasteiger partial charge in [-0.2, -0.15) is 0 Å². The maximum Gasteiger partial charge on any atom is 0.331 e. The predicted octanol–water partition coefficient (Wildman–Crippen LogP) is 3.20. The van der Waals surface area contributed by atoms with Gasteiger partial charge >= 0.3 is 12.0 Å². The molecule has 2 N–H and O–H groups in total. The number of rotatable bonds is 8. The third-order valence-corrected chi connectivity index (χ3v) is 4.74. The van der Waals surface area contributed by atoms with Crippen LogP contribution in [0.25, 0.3) is 6.08 Å². The van der Waals surface area contributed by atoms with Gasteiger partial charge in [0.25, 0.3) is 5.91 Å². The van der Waals surface area contributed by atoms with E-state index in [1.807, 2.05) is 6.92 Å². The van der Waals surface area contributed by atoms with E-state index < -0.39 is 24.0 Å². The molecule has 1 saturated carbocycles. The lowest BCUT2D eigenvalue weighted by Crippen LogP contribution is -2.48. The minimum atomic E-state index is -1.10. The van der Waals surface area contributed by atoms with E-state index in [1.165, 1.54) is 26.5 Å². The van der Waals surface area contributed by atoms with Crippen molar-refractivity contribution < 1.29 is 28.6 Å². The van der Waals surface area contributed by atoms with Crippen LogP contribution in [0.4, 0.5) is 4.79 Å². The Labute approximate surface area is 176 Å². The molecule has 1 aromatic rings. The molecule has 0 bridgehead atoms. The second-order valence-corrected chi connectivity index (χ2v) is 7.05. The van der Waals surface area contributed by atoms with E-state index in [-0.39, 0.29) is 6.04 Å². The van der Waals surface area contributed by atoms with E-state index in [2.05, 4.69) is 10.6 Å². The first kappa shape index (κ1) is 23.3. The molecule has 0 aliphatic heterocycles. The first-order chi connectivity index (χ1) is 14.4. The molecule has 0 aromatic heterocycles. The highest BCUT2D eigenvalue weighted by Crippen LogP contribution is 2.28.